The van der Waals surface area contributed by atoms with Gasteiger partial charge in [-0.15, -0.1) is 39.5 Å². The van der Waals surface area contributed by atoms with Crippen molar-refractivity contribution in [2.75, 3.05) is 59.5 Å². The molecule has 0 bridgehead atoms. The van der Waals surface area contributed by atoms with E-state index in [1.54, 1.807) is 18.2 Å². The summed E-state index contributed by atoms with van der Waals surface area (Å²) >= 11 is 0. The normalized spacial score (nSPS) is 13.1. The minimum atomic E-state index is -0.834. The average molecular weight is 592 g/mol. The summed E-state index contributed by atoms with van der Waals surface area (Å²) in [6, 6.07) is 0. The van der Waals surface area contributed by atoms with Crippen LogP contribution in [0.3, 0.4) is 0 Å². The van der Waals surface area contributed by atoms with E-state index in [4.69, 9.17) is 28.4 Å². The summed E-state index contributed by atoms with van der Waals surface area (Å²) in [5.41, 5.74) is -2.50. The number of hydrogen-bond acceptors (Lipinski definition) is 9. The molecule has 0 aliphatic carbocycles. The Morgan fingerprint density at radius 1 is 0.452 bits per heavy atom. The molecule has 0 aromatic carbocycles. The number of ether oxygens (including phenoxy) is 6. The van der Waals surface area contributed by atoms with Crippen molar-refractivity contribution in [3.63, 3.8) is 0 Å². The average Bonchev–Trinajstić information content (AvgIpc) is 2.99. The quantitative estimate of drug-likeness (QED) is 0.111. The number of nitrogens with zero attached hydrogens (tertiary/aromatic N) is 3. The molecule has 1 heterocycles. The van der Waals surface area contributed by atoms with Gasteiger partial charge in [0.15, 0.2) is 0 Å². The van der Waals surface area contributed by atoms with Crippen LogP contribution in [0.5, 0.6) is 0 Å². The summed E-state index contributed by atoms with van der Waals surface area (Å²) in [6.45, 7) is 22.6. The van der Waals surface area contributed by atoms with Crippen LogP contribution in [0.1, 0.15) is 0 Å². The van der Waals surface area contributed by atoms with E-state index in [0.29, 0.717) is 0 Å². The Bertz CT molecular complexity index is 995. The van der Waals surface area contributed by atoms with E-state index in [9.17, 15) is 14.4 Å². The predicted molar refractivity (Wildman–Crippen MR) is 162 cm³/mol. The Hall–Kier alpha value is -3.39. The zero-order valence-electron chi connectivity index (χ0n) is 24.4. The fourth-order valence-corrected chi connectivity index (χ4v) is 3.68. The SMILES string of the molecule is C=CCOCC(Cn1c(=O)n(CC(COCC=C)OCC=C)c(=O)n(CC(COCC=C)OCC=C)c1=O)OCC=C. The van der Waals surface area contributed by atoms with E-state index in [1.165, 1.54) is 18.2 Å². The van der Waals surface area contributed by atoms with Crippen LogP contribution in [-0.4, -0.2) is 91.5 Å². The van der Waals surface area contributed by atoms with Crippen LogP contribution < -0.4 is 17.1 Å². The van der Waals surface area contributed by atoms with Crippen LogP contribution in [0.15, 0.2) is 90.3 Å². The van der Waals surface area contributed by atoms with Crippen LogP contribution >= 0.6 is 0 Å². The third-order valence-electron chi connectivity index (χ3n) is 5.51. The van der Waals surface area contributed by atoms with Gasteiger partial charge in [0.2, 0.25) is 0 Å². The van der Waals surface area contributed by atoms with Gasteiger partial charge in [-0.1, -0.05) is 36.5 Å². The molecule has 0 aliphatic rings. The van der Waals surface area contributed by atoms with Gasteiger partial charge in [0.05, 0.1) is 97.4 Å². The first kappa shape index (κ1) is 36.6. The Morgan fingerprint density at radius 2 is 0.690 bits per heavy atom. The molecule has 1 aromatic rings. The number of rotatable bonds is 27. The number of aromatic nitrogens is 3. The molecule has 1 rings (SSSR count). The van der Waals surface area contributed by atoms with Crippen LogP contribution in [0.2, 0.25) is 0 Å². The largest absolute Gasteiger partial charge is 0.375 e. The van der Waals surface area contributed by atoms with E-state index < -0.39 is 35.4 Å². The Balaban J connectivity index is 3.66. The minimum Gasteiger partial charge on any atom is -0.375 e. The van der Waals surface area contributed by atoms with Crippen molar-refractivity contribution < 1.29 is 28.4 Å². The molecule has 12 heteroatoms. The van der Waals surface area contributed by atoms with E-state index in [0.717, 1.165) is 13.7 Å². The zero-order valence-corrected chi connectivity index (χ0v) is 24.4. The van der Waals surface area contributed by atoms with Crippen molar-refractivity contribution in [1.82, 2.24) is 13.7 Å². The standard InChI is InChI=1S/C30H45N3O9/c1-7-13-37-22-25(40-16-10-4)19-31-28(34)32(20-26(41-17-11-5)23-38-14-8-2)30(36)33(29(31)35)21-27(42-18-12-6)24-39-15-9-3/h7-12,25-27H,1-6,13-24H2. The second-order valence-electron chi connectivity index (χ2n) is 8.89. The summed E-state index contributed by atoms with van der Waals surface area (Å²) in [5, 5.41) is 0. The monoisotopic (exact) mass is 591 g/mol. The lowest BCUT2D eigenvalue weighted by atomic mass is 10.3. The maximum absolute atomic E-state index is 13.7. The van der Waals surface area contributed by atoms with Crippen molar-refractivity contribution in [2.24, 2.45) is 0 Å². The van der Waals surface area contributed by atoms with E-state index in [1.807, 2.05) is 0 Å². The molecule has 3 unspecified atom stereocenters. The Labute approximate surface area is 247 Å². The van der Waals surface area contributed by atoms with Gasteiger partial charge in [0.25, 0.3) is 0 Å². The highest BCUT2D eigenvalue weighted by molar-refractivity contribution is 4.84. The maximum atomic E-state index is 13.7. The van der Waals surface area contributed by atoms with E-state index in [-0.39, 0.29) is 79.1 Å². The Morgan fingerprint density at radius 3 is 0.905 bits per heavy atom. The second-order valence-corrected chi connectivity index (χ2v) is 8.89. The molecule has 3 atom stereocenters. The lowest BCUT2D eigenvalue weighted by Crippen LogP contribution is -2.58. The van der Waals surface area contributed by atoms with Gasteiger partial charge in [-0.25, -0.2) is 28.1 Å². The lowest BCUT2D eigenvalue weighted by molar-refractivity contribution is -0.0167. The first-order valence-corrected chi connectivity index (χ1v) is 13.6. The molecule has 12 nitrogen and oxygen atoms in total. The number of hydrogen-bond donors (Lipinski definition) is 0. The third kappa shape index (κ3) is 13.1. The maximum Gasteiger partial charge on any atom is 0.336 e. The summed E-state index contributed by atoms with van der Waals surface area (Å²) < 4.78 is 36.7. The Kier molecular flexibility index (Phi) is 19.4. The van der Waals surface area contributed by atoms with Crippen molar-refractivity contribution in [3.05, 3.63) is 107 Å². The van der Waals surface area contributed by atoms with Crippen LogP contribution in [-0.2, 0) is 48.1 Å². The first-order chi connectivity index (χ1) is 20.4. The van der Waals surface area contributed by atoms with E-state index >= 15 is 0 Å². The van der Waals surface area contributed by atoms with Crippen molar-refractivity contribution >= 4 is 0 Å². The molecule has 0 N–H and O–H groups in total. The molecular formula is C30H45N3O9. The predicted octanol–water partition coefficient (Wildman–Crippen LogP) is 1.49. The van der Waals surface area contributed by atoms with Crippen molar-refractivity contribution in [2.45, 2.75) is 37.9 Å². The van der Waals surface area contributed by atoms with Gasteiger partial charge in [0.1, 0.15) is 0 Å². The molecule has 0 radical (unpaired) electrons. The highest BCUT2D eigenvalue weighted by Gasteiger charge is 2.24. The molecule has 0 spiro atoms. The molecule has 0 aliphatic heterocycles. The lowest BCUT2D eigenvalue weighted by Gasteiger charge is -2.23. The molecule has 0 amide bonds. The van der Waals surface area contributed by atoms with Gasteiger partial charge in [-0.3, -0.25) is 0 Å². The van der Waals surface area contributed by atoms with Crippen LogP contribution in [0.25, 0.3) is 0 Å². The smallest absolute Gasteiger partial charge is 0.336 e. The van der Waals surface area contributed by atoms with Gasteiger partial charge >= 0.3 is 17.1 Å². The summed E-state index contributed by atoms with van der Waals surface area (Å²) in [7, 11) is 0. The third-order valence-corrected chi connectivity index (χ3v) is 5.51. The summed E-state index contributed by atoms with van der Waals surface area (Å²) in [6.07, 6.45) is 7.20. The van der Waals surface area contributed by atoms with Crippen molar-refractivity contribution in [3.8, 4) is 0 Å². The molecule has 0 fully saturated rings. The molecule has 42 heavy (non-hydrogen) atoms. The molecule has 0 saturated heterocycles. The zero-order chi connectivity index (χ0) is 31.2. The topological polar surface area (TPSA) is 121 Å². The molecule has 0 saturated carbocycles. The van der Waals surface area contributed by atoms with Gasteiger partial charge < -0.3 is 28.4 Å². The molecule has 1 aromatic heterocycles. The molecular weight excluding hydrogens is 546 g/mol. The highest BCUT2D eigenvalue weighted by atomic mass is 16.5. The van der Waals surface area contributed by atoms with E-state index in [2.05, 4.69) is 39.5 Å². The summed E-state index contributed by atoms with van der Waals surface area (Å²) in [4.78, 5) is 41.0. The first-order valence-electron chi connectivity index (χ1n) is 13.6. The van der Waals surface area contributed by atoms with Gasteiger partial charge in [-0.05, 0) is 0 Å². The minimum absolute atomic E-state index is 0.0613. The highest BCUT2D eigenvalue weighted by Crippen LogP contribution is 2.01. The second kappa shape index (κ2) is 22.2. The van der Waals surface area contributed by atoms with Crippen LogP contribution in [0, 0.1) is 0 Å². The van der Waals surface area contributed by atoms with Gasteiger partial charge in [-0.2, -0.15) is 0 Å². The van der Waals surface area contributed by atoms with Gasteiger partial charge in [0, 0.05) is 0 Å². The van der Waals surface area contributed by atoms with Crippen LogP contribution in [0.4, 0.5) is 0 Å². The summed E-state index contributed by atoms with van der Waals surface area (Å²) in [5.74, 6) is 0. The molecule has 234 valence electrons. The fourth-order valence-electron chi connectivity index (χ4n) is 3.68. The van der Waals surface area contributed by atoms with Crippen molar-refractivity contribution in [1.29, 1.82) is 0 Å². The fraction of sp³-hybridized carbons (Fsp3) is 0.500.